The summed E-state index contributed by atoms with van der Waals surface area (Å²) >= 11 is 5.74. The third kappa shape index (κ3) is 2.04. The molecule has 0 atom stereocenters. The summed E-state index contributed by atoms with van der Waals surface area (Å²) in [5.74, 6) is -0.830. The van der Waals surface area contributed by atoms with Crippen LogP contribution < -0.4 is 11.1 Å². The number of halogens is 2. The molecule has 20 heavy (non-hydrogen) atoms. The summed E-state index contributed by atoms with van der Waals surface area (Å²) in [5.41, 5.74) is 8.21. The van der Waals surface area contributed by atoms with Gasteiger partial charge in [0.15, 0.2) is 0 Å². The lowest BCUT2D eigenvalue weighted by molar-refractivity contribution is -0.110. The Labute approximate surface area is 119 Å². The molecule has 0 spiro atoms. The molecule has 1 amide bonds. The molecule has 2 aromatic rings. The lowest BCUT2D eigenvalue weighted by Gasteiger charge is -2.02. The average Bonchev–Trinajstić information content (AvgIpc) is 2.70. The fraction of sp³-hybridized carbons (Fsp3) is 0. The predicted octanol–water partition coefficient (Wildman–Crippen LogP) is 3.55. The van der Waals surface area contributed by atoms with Crippen molar-refractivity contribution in [2.75, 3.05) is 11.1 Å². The van der Waals surface area contributed by atoms with Crippen LogP contribution in [0.5, 0.6) is 0 Å². The first-order valence-electron chi connectivity index (χ1n) is 5.93. The van der Waals surface area contributed by atoms with Crippen LogP contribution in [-0.2, 0) is 4.79 Å². The van der Waals surface area contributed by atoms with Crippen molar-refractivity contribution < 1.29 is 9.18 Å². The second kappa shape index (κ2) is 4.65. The van der Waals surface area contributed by atoms with Crippen LogP contribution in [0.2, 0.25) is 5.02 Å². The van der Waals surface area contributed by atoms with Crippen LogP contribution in [0.4, 0.5) is 15.8 Å². The molecule has 0 fully saturated rings. The summed E-state index contributed by atoms with van der Waals surface area (Å²) in [7, 11) is 0. The molecule has 0 saturated carbocycles. The van der Waals surface area contributed by atoms with E-state index in [1.54, 1.807) is 30.3 Å². The van der Waals surface area contributed by atoms with Crippen LogP contribution in [0.3, 0.4) is 0 Å². The Hall–Kier alpha value is -2.33. The third-order valence-electron chi connectivity index (χ3n) is 3.11. The van der Waals surface area contributed by atoms with E-state index in [1.807, 2.05) is 0 Å². The Morgan fingerprint density at radius 3 is 2.85 bits per heavy atom. The molecule has 100 valence electrons. The fourth-order valence-corrected chi connectivity index (χ4v) is 2.32. The molecule has 3 nitrogen and oxygen atoms in total. The SMILES string of the molecule is Nc1ccc2c(c1)NC(=O)C2=Cc1cccc(Cl)c1F. The molecular weight excluding hydrogens is 279 g/mol. The highest BCUT2D eigenvalue weighted by Gasteiger charge is 2.24. The van der Waals surface area contributed by atoms with Gasteiger partial charge in [-0.1, -0.05) is 29.8 Å². The molecule has 0 aromatic heterocycles. The van der Waals surface area contributed by atoms with Gasteiger partial charge in [-0.2, -0.15) is 0 Å². The monoisotopic (exact) mass is 288 g/mol. The van der Waals surface area contributed by atoms with Gasteiger partial charge in [-0.25, -0.2) is 4.39 Å². The summed E-state index contributed by atoms with van der Waals surface area (Å²) < 4.78 is 13.9. The second-order valence-electron chi connectivity index (χ2n) is 4.46. The number of hydrogen-bond donors (Lipinski definition) is 2. The Morgan fingerprint density at radius 1 is 1.25 bits per heavy atom. The maximum atomic E-state index is 13.9. The average molecular weight is 289 g/mol. The minimum absolute atomic E-state index is 0.0234. The van der Waals surface area contributed by atoms with Crippen LogP contribution in [0, 0.1) is 5.82 Å². The van der Waals surface area contributed by atoms with E-state index in [1.165, 1.54) is 12.1 Å². The minimum atomic E-state index is -0.543. The van der Waals surface area contributed by atoms with Gasteiger partial charge in [-0.05, 0) is 24.3 Å². The van der Waals surface area contributed by atoms with E-state index in [-0.39, 0.29) is 16.5 Å². The number of nitrogen functional groups attached to an aromatic ring is 1. The highest BCUT2D eigenvalue weighted by atomic mass is 35.5. The smallest absolute Gasteiger partial charge is 0.256 e. The molecule has 0 aliphatic carbocycles. The van der Waals surface area contributed by atoms with Gasteiger partial charge >= 0.3 is 0 Å². The van der Waals surface area contributed by atoms with Crippen molar-refractivity contribution >= 4 is 40.5 Å². The first kappa shape index (κ1) is 12.7. The number of fused-ring (bicyclic) bond motifs is 1. The molecule has 3 rings (SSSR count). The van der Waals surface area contributed by atoms with E-state index < -0.39 is 5.82 Å². The van der Waals surface area contributed by atoms with E-state index >= 15 is 0 Å². The van der Waals surface area contributed by atoms with E-state index in [0.717, 1.165) is 0 Å². The maximum absolute atomic E-state index is 13.9. The molecule has 0 unspecified atom stereocenters. The van der Waals surface area contributed by atoms with Gasteiger partial charge < -0.3 is 11.1 Å². The molecule has 2 aromatic carbocycles. The zero-order valence-corrected chi connectivity index (χ0v) is 11.0. The molecule has 0 saturated heterocycles. The third-order valence-corrected chi connectivity index (χ3v) is 3.40. The van der Waals surface area contributed by atoms with Crippen molar-refractivity contribution in [3.8, 4) is 0 Å². The Kier molecular flexibility index (Phi) is 2.95. The Bertz CT molecular complexity index is 756. The zero-order valence-electron chi connectivity index (χ0n) is 10.3. The Morgan fingerprint density at radius 2 is 2.05 bits per heavy atom. The first-order valence-corrected chi connectivity index (χ1v) is 6.31. The van der Waals surface area contributed by atoms with Gasteiger partial charge in [0.25, 0.3) is 5.91 Å². The van der Waals surface area contributed by atoms with Crippen LogP contribution >= 0.6 is 11.6 Å². The molecule has 5 heteroatoms. The van der Waals surface area contributed by atoms with Crippen LogP contribution in [0.15, 0.2) is 36.4 Å². The van der Waals surface area contributed by atoms with Crippen LogP contribution in [-0.4, -0.2) is 5.91 Å². The topological polar surface area (TPSA) is 55.1 Å². The molecule has 0 radical (unpaired) electrons. The maximum Gasteiger partial charge on any atom is 0.256 e. The highest BCUT2D eigenvalue weighted by Crippen LogP contribution is 2.35. The predicted molar refractivity (Wildman–Crippen MR) is 78.8 cm³/mol. The number of nitrogens with two attached hydrogens (primary N) is 1. The number of hydrogen-bond acceptors (Lipinski definition) is 2. The minimum Gasteiger partial charge on any atom is -0.399 e. The number of carbonyl (C=O) groups is 1. The van der Waals surface area contributed by atoms with Crippen molar-refractivity contribution in [2.45, 2.75) is 0 Å². The van der Waals surface area contributed by atoms with Gasteiger partial charge in [-0.15, -0.1) is 0 Å². The number of amides is 1. The molecule has 1 aliphatic rings. The van der Waals surface area contributed by atoms with E-state index in [0.29, 0.717) is 22.5 Å². The van der Waals surface area contributed by atoms with Crippen molar-refractivity contribution in [3.63, 3.8) is 0 Å². The molecular formula is C15H10ClFN2O. The van der Waals surface area contributed by atoms with Crippen molar-refractivity contribution in [1.82, 2.24) is 0 Å². The fourth-order valence-electron chi connectivity index (χ4n) is 2.14. The van der Waals surface area contributed by atoms with Crippen LogP contribution in [0.1, 0.15) is 11.1 Å². The largest absolute Gasteiger partial charge is 0.399 e. The Balaban J connectivity index is 2.14. The molecule has 0 bridgehead atoms. The number of benzene rings is 2. The second-order valence-corrected chi connectivity index (χ2v) is 4.87. The summed E-state index contributed by atoms with van der Waals surface area (Å²) in [6, 6.07) is 9.76. The molecule has 3 N–H and O–H groups in total. The number of anilines is 2. The van der Waals surface area contributed by atoms with E-state index in [4.69, 9.17) is 17.3 Å². The number of carbonyl (C=O) groups excluding carboxylic acids is 1. The van der Waals surface area contributed by atoms with Gasteiger partial charge in [0, 0.05) is 22.4 Å². The lowest BCUT2D eigenvalue weighted by Crippen LogP contribution is -2.03. The molecule has 1 aliphatic heterocycles. The summed E-state index contributed by atoms with van der Waals surface area (Å²) in [5, 5.41) is 2.72. The lowest BCUT2D eigenvalue weighted by atomic mass is 10.0. The normalized spacial score (nSPS) is 15.3. The van der Waals surface area contributed by atoms with Crippen molar-refractivity contribution in [2.24, 2.45) is 0 Å². The number of nitrogens with one attached hydrogen (secondary N) is 1. The van der Waals surface area contributed by atoms with Gasteiger partial charge in [-0.3, -0.25) is 4.79 Å². The standard InChI is InChI=1S/C15H10ClFN2O/c16-12-3-1-2-8(14(12)17)6-11-10-5-4-9(18)7-13(10)19-15(11)20/h1-7H,18H2,(H,19,20). The summed E-state index contributed by atoms with van der Waals surface area (Å²) in [6.07, 6.45) is 1.48. The van der Waals surface area contributed by atoms with E-state index in [2.05, 4.69) is 5.32 Å². The summed E-state index contributed by atoms with van der Waals surface area (Å²) in [4.78, 5) is 12.0. The quantitative estimate of drug-likeness (QED) is 0.623. The van der Waals surface area contributed by atoms with Gasteiger partial charge in [0.05, 0.1) is 10.7 Å². The number of rotatable bonds is 1. The van der Waals surface area contributed by atoms with Crippen molar-refractivity contribution in [3.05, 3.63) is 58.4 Å². The van der Waals surface area contributed by atoms with Gasteiger partial charge in [0.1, 0.15) is 5.82 Å². The summed E-state index contributed by atoms with van der Waals surface area (Å²) in [6.45, 7) is 0. The van der Waals surface area contributed by atoms with Crippen LogP contribution in [0.25, 0.3) is 11.6 Å². The highest BCUT2D eigenvalue weighted by molar-refractivity contribution is 6.35. The van der Waals surface area contributed by atoms with Gasteiger partial charge in [0.2, 0.25) is 0 Å². The molecule has 1 heterocycles. The first-order chi connectivity index (χ1) is 9.56. The van der Waals surface area contributed by atoms with Crippen molar-refractivity contribution in [1.29, 1.82) is 0 Å². The van der Waals surface area contributed by atoms with E-state index in [9.17, 15) is 9.18 Å². The zero-order chi connectivity index (χ0) is 14.3.